The van der Waals surface area contributed by atoms with Crippen molar-refractivity contribution in [2.24, 2.45) is 33.0 Å². The summed E-state index contributed by atoms with van der Waals surface area (Å²) >= 11 is 0. The van der Waals surface area contributed by atoms with Crippen LogP contribution in [0.15, 0.2) is 46.3 Å². The van der Waals surface area contributed by atoms with Crippen molar-refractivity contribution < 1.29 is 24.2 Å². The third-order valence-corrected chi connectivity index (χ3v) is 11.7. The van der Waals surface area contributed by atoms with Crippen molar-refractivity contribution >= 4 is 11.9 Å². The van der Waals surface area contributed by atoms with E-state index < -0.39 is 6.16 Å². The van der Waals surface area contributed by atoms with Gasteiger partial charge in [0.2, 0.25) is 5.78 Å². The van der Waals surface area contributed by atoms with E-state index in [1.807, 2.05) is 6.92 Å². The fourth-order valence-electron chi connectivity index (χ4n) is 8.95. The Bertz CT molecular complexity index is 1160. The monoisotopic (exact) mass is 494 g/mol. The number of ketones is 1. The first kappa shape index (κ1) is 25.4. The molecule has 0 aliphatic heterocycles. The van der Waals surface area contributed by atoms with Crippen LogP contribution in [0.4, 0.5) is 4.79 Å². The topological polar surface area (TPSA) is 72.8 Å². The molecular formula is C31H42O5. The molecule has 0 amide bonds. The average Bonchev–Trinajstić information content (AvgIpc) is 2.84. The Kier molecular flexibility index (Phi) is 5.53. The Hall–Kier alpha value is -2.30. The van der Waals surface area contributed by atoms with Crippen molar-refractivity contribution in [2.75, 3.05) is 13.7 Å². The molecule has 36 heavy (non-hydrogen) atoms. The zero-order valence-corrected chi connectivity index (χ0v) is 23.0. The van der Waals surface area contributed by atoms with Crippen LogP contribution in [0, 0.1) is 33.0 Å². The molecule has 1 N–H and O–H groups in total. The first-order chi connectivity index (χ1) is 16.7. The lowest BCUT2D eigenvalue weighted by Crippen LogP contribution is -2.62. The summed E-state index contributed by atoms with van der Waals surface area (Å²) in [6.45, 7) is 14.3. The van der Waals surface area contributed by atoms with E-state index in [1.165, 1.54) is 19.1 Å². The van der Waals surface area contributed by atoms with E-state index in [1.54, 1.807) is 6.08 Å². The number of hydrogen-bond donors (Lipinski definition) is 1. The normalized spacial score (nSPS) is 43.7. The highest BCUT2D eigenvalue weighted by atomic mass is 16.7. The third-order valence-electron chi connectivity index (χ3n) is 11.7. The van der Waals surface area contributed by atoms with Crippen LogP contribution >= 0.6 is 0 Å². The Balaban J connectivity index is 1.55. The molecule has 0 aromatic carbocycles. The number of allylic oxidation sites excluding steroid dienone is 7. The molecular weight excluding hydrogens is 452 g/mol. The van der Waals surface area contributed by atoms with Gasteiger partial charge >= 0.3 is 6.16 Å². The summed E-state index contributed by atoms with van der Waals surface area (Å²) < 4.78 is 10.2. The molecule has 0 unspecified atom stereocenters. The van der Waals surface area contributed by atoms with E-state index in [9.17, 15) is 14.7 Å². The Labute approximate surface area is 215 Å². The quantitative estimate of drug-likeness (QED) is 0.405. The minimum Gasteiger partial charge on any atom is -0.504 e. The largest absolute Gasteiger partial charge is 0.507 e. The zero-order valence-electron chi connectivity index (χ0n) is 23.0. The standard InChI is InChI=1S/C31H42O5/c1-19-20-8-9-23-29(4,21(20)16-22(32)25(19)33)13-15-31(6)24-17-27(2,18-36-26(34)35-7)10-11-28(24,3)12-14-30(23,31)5/h8-9,16,24,33H,10-15,17-18H2,1-7H3/t24-,27-,28+,29+,30-,31+/m1/s1. The van der Waals surface area contributed by atoms with Crippen LogP contribution in [0.2, 0.25) is 0 Å². The third kappa shape index (κ3) is 3.26. The highest BCUT2D eigenvalue weighted by molar-refractivity contribution is 6.06. The maximum atomic E-state index is 12.7. The van der Waals surface area contributed by atoms with Crippen LogP contribution in [-0.2, 0) is 14.3 Å². The zero-order chi connectivity index (χ0) is 26.3. The fourth-order valence-corrected chi connectivity index (χ4v) is 8.95. The maximum Gasteiger partial charge on any atom is 0.507 e. The summed E-state index contributed by atoms with van der Waals surface area (Å²) in [5, 5.41) is 10.3. The number of fused-ring (bicyclic) bond motifs is 7. The number of aliphatic hydroxyl groups is 1. The first-order valence-electron chi connectivity index (χ1n) is 13.5. The van der Waals surface area contributed by atoms with Crippen molar-refractivity contribution in [3.8, 4) is 0 Å². The number of hydrogen-bond acceptors (Lipinski definition) is 5. The molecule has 0 bridgehead atoms. The summed E-state index contributed by atoms with van der Waals surface area (Å²) in [6.07, 6.45) is 13.2. The van der Waals surface area contributed by atoms with Crippen LogP contribution in [-0.4, -0.2) is 30.8 Å². The average molecular weight is 495 g/mol. The molecule has 3 fully saturated rings. The van der Waals surface area contributed by atoms with E-state index in [0.29, 0.717) is 18.1 Å². The lowest BCUT2D eigenvalue weighted by Gasteiger charge is -2.70. The number of aliphatic hydroxyl groups excluding tert-OH is 1. The van der Waals surface area contributed by atoms with Gasteiger partial charge < -0.3 is 14.6 Å². The lowest BCUT2D eigenvalue weighted by atomic mass is 9.34. The van der Waals surface area contributed by atoms with Gasteiger partial charge in [-0.2, -0.15) is 0 Å². The summed E-state index contributed by atoms with van der Waals surface area (Å²) in [4.78, 5) is 24.4. The Morgan fingerprint density at radius 2 is 1.72 bits per heavy atom. The number of rotatable bonds is 2. The molecule has 5 nitrogen and oxygen atoms in total. The van der Waals surface area contributed by atoms with Crippen molar-refractivity contribution in [1.82, 2.24) is 0 Å². The van der Waals surface area contributed by atoms with E-state index in [4.69, 9.17) is 9.47 Å². The number of methoxy groups -OCH3 is 1. The summed E-state index contributed by atoms with van der Waals surface area (Å²) in [5.74, 6) is 0.110. The van der Waals surface area contributed by atoms with Gasteiger partial charge in [-0.25, -0.2) is 4.79 Å². The van der Waals surface area contributed by atoms with E-state index >= 15 is 0 Å². The first-order valence-corrected chi connectivity index (χ1v) is 13.5. The highest BCUT2D eigenvalue weighted by Crippen LogP contribution is 2.75. The summed E-state index contributed by atoms with van der Waals surface area (Å²) in [5.41, 5.74) is 4.31. The van der Waals surface area contributed by atoms with E-state index in [2.05, 4.69) is 46.8 Å². The van der Waals surface area contributed by atoms with Crippen molar-refractivity contribution in [3.05, 3.63) is 46.3 Å². The summed E-state index contributed by atoms with van der Waals surface area (Å²) in [7, 11) is 1.36. The number of carbonyl (C=O) groups is 2. The molecule has 196 valence electrons. The second-order valence-electron chi connectivity index (χ2n) is 13.6. The molecule has 0 saturated heterocycles. The molecule has 0 spiro atoms. The second-order valence-corrected chi connectivity index (χ2v) is 13.6. The second kappa shape index (κ2) is 7.85. The van der Waals surface area contributed by atoms with Gasteiger partial charge in [-0.3, -0.25) is 4.79 Å². The van der Waals surface area contributed by atoms with Gasteiger partial charge in [0.1, 0.15) is 6.61 Å². The van der Waals surface area contributed by atoms with Crippen LogP contribution in [0.5, 0.6) is 0 Å². The van der Waals surface area contributed by atoms with Gasteiger partial charge in [0.25, 0.3) is 0 Å². The molecule has 5 aliphatic carbocycles. The van der Waals surface area contributed by atoms with Crippen LogP contribution in [0.1, 0.15) is 86.5 Å². The summed E-state index contributed by atoms with van der Waals surface area (Å²) in [6, 6.07) is 0. The maximum absolute atomic E-state index is 12.7. The van der Waals surface area contributed by atoms with Gasteiger partial charge in [-0.1, -0.05) is 52.3 Å². The van der Waals surface area contributed by atoms with E-state index in [-0.39, 0.29) is 38.6 Å². The molecule has 5 heteroatoms. The van der Waals surface area contributed by atoms with Crippen LogP contribution in [0.25, 0.3) is 0 Å². The Morgan fingerprint density at radius 3 is 2.42 bits per heavy atom. The minimum atomic E-state index is -0.599. The van der Waals surface area contributed by atoms with Crippen molar-refractivity contribution in [1.29, 1.82) is 0 Å². The van der Waals surface area contributed by atoms with Gasteiger partial charge in [0.05, 0.1) is 7.11 Å². The van der Waals surface area contributed by atoms with Gasteiger partial charge in [0.15, 0.2) is 5.76 Å². The van der Waals surface area contributed by atoms with Crippen molar-refractivity contribution in [3.63, 3.8) is 0 Å². The highest BCUT2D eigenvalue weighted by Gasteiger charge is 2.66. The van der Waals surface area contributed by atoms with E-state index in [0.717, 1.165) is 49.7 Å². The molecule has 0 radical (unpaired) electrons. The predicted molar refractivity (Wildman–Crippen MR) is 139 cm³/mol. The van der Waals surface area contributed by atoms with Gasteiger partial charge in [-0.15, -0.1) is 0 Å². The number of ether oxygens (including phenoxy) is 2. The molecule has 0 heterocycles. The van der Waals surface area contributed by atoms with Crippen LogP contribution in [0.3, 0.4) is 0 Å². The van der Waals surface area contributed by atoms with Crippen molar-refractivity contribution in [2.45, 2.75) is 86.5 Å². The molecule has 5 aliphatic rings. The smallest absolute Gasteiger partial charge is 0.504 e. The molecule has 0 aromatic rings. The van der Waals surface area contributed by atoms with Gasteiger partial charge in [-0.05, 0) is 91.3 Å². The lowest BCUT2D eigenvalue weighted by molar-refractivity contribution is -0.166. The molecule has 3 saturated carbocycles. The Morgan fingerprint density at radius 1 is 1.03 bits per heavy atom. The molecule has 0 aromatic heterocycles. The van der Waals surface area contributed by atoms with Crippen LogP contribution < -0.4 is 0 Å². The minimum absolute atomic E-state index is 0.00530. The molecule has 5 rings (SSSR count). The SMILES string of the molecule is COC(=O)OC[C@]1(C)CC[C@@]2(C)CC[C@]3(C)C4=CC=C5C(=CC(=O)C(O)=C5C)[C@]4(C)CC[C@@]3(C)[C@@H]2C1. The van der Waals surface area contributed by atoms with Gasteiger partial charge in [0, 0.05) is 16.4 Å². The molecule has 6 atom stereocenters. The predicted octanol–water partition coefficient (Wildman–Crippen LogP) is 7.40. The fraction of sp³-hybridized carbons (Fsp3) is 0.677. The number of carbonyl (C=O) groups excluding carboxylic acids is 2.